The molecule has 4 aliphatic rings. The molecule has 146 valence electrons. The number of hydrogen-bond donors (Lipinski definition) is 1. The van der Waals surface area contributed by atoms with Crippen LogP contribution in [-0.2, 0) is 14.3 Å². The van der Waals surface area contributed by atoms with Crippen molar-refractivity contribution in [2.24, 2.45) is 23.2 Å². The zero-order valence-corrected chi connectivity index (χ0v) is 16.2. The Bertz CT molecular complexity index is 731. The smallest absolute Gasteiger partial charge is 0.307 e. The monoisotopic (exact) mass is 393 g/mol. The molecule has 1 aromatic rings. The number of amides is 1. The maximum atomic E-state index is 13.1. The van der Waals surface area contributed by atoms with Crippen LogP contribution in [0.1, 0.15) is 51.9 Å². The first-order valence-corrected chi connectivity index (χ1v) is 10.2. The highest BCUT2D eigenvalue weighted by Crippen LogP contribution is 2.61. The van der Waals surface area contributed by atoms with Gasteiger partial charge in [0.15, 0.2) is 6.10 Å². The summed E-state index contributed by atoms with van der Waals surface area (Å²) in [6.45, 7) is 1.55. The number of esters is 1. The van der Waals surface area contributed by atoms with Crippen LogP contribution in [0.4, 0.5) is 10.1 Å². The number of nitrogens with one attached hydrogen (secondary N) is 1. The van der Waals surface area contributed by atoms with Crippen molar-refractivity contribution in [2.45, 2.75) is 58.0 Å². The van der Waals surface area contributed by atoms with Crippen LogP contribution < -0.4 is 5.32 Å². The zero-order valence-electron chi connectivity index (χ0n) is 15.5. The molecule has 0 spiro atoms. The van der Waals surface area contributed by atoms with Gasteiger partial charge in [0.05, 0.1) is 17.1 Å². The summed E-state index contributed by atoms with van der Waals surface area (Å²) in [7, 11) is 0. The fourth-order valence-electron chi connectivity index (χ4n) is 5.93. The third-order valence-electron chi connectivity index (χ3n) is 6.55. The predicted octanol–water partition coefficient (Wildman–Crippen LogP) is 4.96. The van der Waals surface area contributed by atoms with E-state index < -0.39 is 17.8 Å². The van der Waals surface area contributed by atoms with E-state index in [1.807, 2.05) is 0 Å². The van der Waals surface area contributed by atoms with Crippen LogP contribution in [0.2, 0.25) is 5.02 Å². The number of rotatable bonds is 5. The topological polar surface area (TPSA) is 55.4 Å². The summed E-state index contributed by atoms with van der Waals surface area (Å²) < 4.78 is 18.5. The second-order valence-electron chi connectivity index (χ2n) is 8.84. The van der Waals surface area contributed by atoms with E-state index in [-0.39, 0.29) is 16.4 Å². The van der Waals surface area contributed by atoms with Gasteiger partial charge in [0, 0.05) is 0 Å². The van der Waals surface area contributed by atoms with E-state index in [1.54, 1.807) is 6.92 Å². The largest absolute Gasteiger partial charge is 0.453 e. The summed E-state index contributed by atoms with van der Waals surface area (Å²) >= 11 is 5.93. The molecule has 6 heteroatoms. The van der Waals surface area contributed by atoms with E-state index in [9.17, 15) is 14.0 Å². The Hall–Kier alpha value is -1.62. The molecule has 1 aromatic carbocycles. The molecule has 4 fully saturated rings. The molecule has 1 atom stereocenters. The van der Waals surface area contributed by atoms with E-state index in [0.29, 0.717) is 12.1 Å². The summed E-state index contributed by atoms with van der Waals surface area (Å²) in [4.78, 5) is 24.8. The Labute approximate surface area is 163 Å². The van der Waals surface area contributed by atoms with Gasteiger partial charge in [-0.1, -0.05) is 11.6 Å². The first kappa shape index (κ1) is 18.7. The lowest BCUT2D eigenvalue weighted by Gasteiger charge is -2.56. The molecule has 5 rings (SSSR count). The lowest BCUT2D eigenvalue weighted by atomic mass is 9.49. The van der Waals surface area contributed by atoms with Crippen molar-refractivity contribution < 1.29 is 18.7 Å². The lowest BCUT2D eigenvalue weighted by Crippen LogP contribution is -2.47. The maximum absolute atomic E-state index is 13.1. The average molecular weight is 394 g/mol. The molecular formula is C21H25ClFNO3. The van der Waals surface area contributed by atoms with Crippen molar-refractivity contribution in [3.05, 3.63) is 29.0 Å². The van der Waals surface area contributed by atoms with Crippen molar-refractivity contribution in [1.82, 2.24) is 0 Å². The van der Waals surface area contributed by atoms with E-state index >= 15 is 0 Å². The van der Waals surface area contributed by atoms with Gasteiger partial charge in [0.25, 0.3) is 5.91 Å². The molecule has 0 heterocycles. The normalized spacial score (nSPS) is 32.2. The van der Waals surface area contributed by atoms with Gasteiger partial charge in [-0.2, -0.15) is 0 Å². The Morgan fingerprint density at radius 1 is 1.22 bits per heavy atom. The van der Waals surface area contributed by atoms with Crippen molar-refractivity contribution in [3.8, 4) is 0 Å². The molecule has 1 amide bonds. The van der Waals surface area contributed by atoms with E-state index in [2.05, 4.69) is 5.32 Å². The van der Waals surface area contributed by atoms with E-state index in [0.717, 1.165) is 43.1 Å². The highest BCUT2D eigenvalue weighted by atomic mass is 35.5. The van der Waals surface area contributed by atoms with Gasteiger partial charge in [-0.05, 0) is 86.8 Å². The number of anilines is 1. The number of ether oxygens (including phenoxy) is 1. The number of carbonyl (C=O) groups is 2. The standard InChI is InChI=1S/C21H25ClFNO3/c1-12(20(26)24-18-3-2-16(23)7-17(18)22)27-19(25)11-21-8-13-4-14(9-21)6-15(5-13)10-21/h2-3,7,12-15H,4-6,8-11H2,1H3,(H,24,26)/t12-,13?,14?,15?,21?/m0/s1. The SMILES string of the molecule is C[C@H](OC(=O)CC12CC3CC(CC(C3)C1)C2)C(=O)Nc1ccc(F)cc1Cl. The van der Waals surface area contributed by atoms with Gasteiger partial charge in [-0.25, -0.2) is 4.39 Å². The average Bonchev–Trinajstić information content (AvgIpc) is 2.55. The van der Waals surface area contributed by atoms with Crippen molar-refractivity contribution in [2.75, 3.05) is 5.32 Å². The summed E-state index contributed by atoms with van der Waals surface area (Å²) in [5, 5.41) is 2.69. The summed E-state index contributed by atoms with van der Waals surface area (Å²) in [5.41, 5.74) is 0.384. The Morgan fingerprint density at radius 3 is 2.37 bits per heavy atom. The minimum absolute atomic E-state index is 0.0856. The fraction of sp³-hybridized carbons (Fsp3) is 0.619. The Balaban J connectivity index is 1.33. The van der Waals surface area contributed by atoms with E-state index in [4.69, 9.17) is 16.3 Å². The molecule has 27 heavy (non-hydrogen) atoms. The minimum Gasteiger partial charge on any atom is -0.453 e. The lowest BCUT2D eigenvalue weighted by molar-refractivity contribution is -0.160. The number of benzene rings is 1. The van der Waals surface area contributed by atoms with Crippen molar-refractivity contribution in [3.63, 3.8) is 0 Å². The van der Waals surface area contributed by atoms with Crippen LogP contribution in [0.3, 0.4) is 0 Å². The summed E-state index contributed by atoms with van der Waals surface area (Å²) in [6, 6.07) is 3.73. The van der Waals surface area contributed by atoms with Crippen molar-refractivity contribution in [1.29, 1.82) is 0 Å². The van der Waals surface area contributed by atoms with Crippen molar-refractivity contribution >= 4 is 29.2 Å². The maximum Gasteiger partial charge on any atom is 0.307 e. The molecule has 1 N–H and O–H groups in total. The second-order valence-corrected chi connectivity index (χ2v) is 9.25. The van der Waals surface area contributed by atoms with Gasteiger partial charge in [-0.3, -0.25) is 9.59 Å². The molecule has 0 aliphatic heterocycles. The Kier molecular flexibility index (Phi) is 4.91. The third-order valence-corrected chi connectivity index (χ3v) is 6.86. The van der Waals surface area contributed by atoms with Crippen LogP contribution in [0.25, 0.3) is 0 Å². The van der Waals surface area contributed by atoms with E-state index in [1.165, 1.54) is 31.4 Å². The number of halogens is 2. The van der Waals surface area contributed by atoms with Crippen LogP contribution in [0.5, 0.6) is 0 Å². The molecular weight excluding hydrogens is 369 g/mol. The molecule has 4 aliphatic carbocycles. The van der Waals surface area contributed by atoms with Gasteiger partial charge in [-0.15, -0.1) is 0 Å². The highest BCUT2D eigenvalue weighted by molar-refractivity contribution is 6.33. The molecule has 4 nitrogen and oxygen atoms in total. The van der Waals surface area contributed by atoms with Gasteiger partial charge < -0.3 is 10.1 Å². The zero-order chi connectivity index (χ0) is 19.2. The molecule has 4 saturated carbocycles. The summed E-state index contributed by atoms with van der Waals surface area (Å²) in [6.07, 6.45) is 6.83. The number of hydrogen-bond acceptors (Lipinski definition) is 3. The van der Waals surface area contributed by atoms with Crippen LogP contribution in [0.15, 0.2) is 18.2 Å². The molecule has 0 aromatic heterocycles. The van der Waals surface area contributed by atoms with Gasteiger partial charge in [0.2, 0.25) is 0 Å². The van der Waals surface area contributed by atoms with Crippen LogP contribution in [0, 0.1) is 29.0 Å². The third kappa shape index (κ3) is 3.98. The first-order valence-electron chi connectivity index (χ1n) is 9.77. The molecule has 0 unspecified atom stereocenters. The van der Waals surface area contributed by atoms with Crippen LogP contribution in [-0.4, -0.2) is 18.0 Å². The minimum atomic E-state index is -0.924. The van der Waals surface area contributed by atoms with Gasteiger partial charge >= 0.3 is 5.97 Å². The molecule has 0 radical (unpaired) electrons. The predicted molar refractivity (Wildman–Crippen MR) is 101 cm³/mol. The van der Waals surface area contributed by atoms with Crippen LogP contribution >= 0.6 is 11.6 Å². The fourth-order valence-corrected chi connectivity index (χ4v) is 6.14. The molecule has 4 bridgehead atoms. The quantitative estimate of drug-likeness (QED) is 0.719. The Morgan fingerprint density at radius 2 is 1.81 bits per heavy atom. The number of carbonyl (C=O) groups excluding carboxylic acids is 2. The second kappa shape index (κ2) is 7.08. The first-order chi connectivity index (χ1) is 12.8. The van der Waals surface area contributed by atoms with Gasteiger partial charge in [0.1, 0.15) is 5.82 Å². The highest BCUT2D eigenvalue weighted by Gasteiger charge is 2.51. The summed E-state index contributed by atoms with van der Waals surface area (Å²) in [5.74, 6) is 1.06. The molecule has 0 saturated heterocycles.